The highest BCUT2D eigenvalue weighted by Crippen LogP contribution is 2.12. The van der Waals surface area contributed by atoms with Crippen LogP contribution in [0.2, 0.25) is 5.15 Å². The maximum Gasteiger partial charge on any atom is 0.129 e. The smallest absolute Gasteiger partial charge is 0.129 e. The number of rotatable bonds is 1. The summed E-state index contributed by atoms with van der Waals surface area (Å²) in [4.78, 5) is 10.9. The normalized spacial score (nSPS) is 9.66. The Hall–Kier alpha value is -3.67. The molecule has 182 valence electrons. The first kappa shape index (κ1) is 27.6. The number of aromatic amines is 1. The second-order valence-electron chi connectivity index (χ2n) is 8.18. The largest absolute Gasteiger partial charge is 0.384 e. The lowest BCUT2D eigenvalue weighted by Gasteiger charge is -1.95. The van der Waals surface area contributed by atoms with E-state index in [1.165, 1.54) is 27.6 Å². The molecule has 2 aromatic carbocycles. The zero-order valence-electron chi connectivity index (χ0n) is 20.8. The molecule has 0 aliphatic heterocycles. The van der Waals surface area contributed by atoms with E-state index in [0.717, 1.165) is 11.1 Å². The fourth-order valence-corrected chi connectivity index (χ4v) is 3.04. The van der Waals surface area contributed by atoms with Crippen molar-refractivity contribution in [3.05, 3.63) is 124 Å². The van der Waals surface area contributed by atoms with Crippen LogP contribution in [-0.4, -0.2) is 15.0 Å². The minimum atomic E-state index is 0.551. The van der Waals surface area contributed by atoms with E-state index >= 15 is 0 Å². The molecule has 5 rings (SSSR count). The predicted octanol–water partition coefficient (Wildman–Crippen LogP) is 6.95. The highest BCUT2D eigenvalue weighted by Gasteiger charge is 1.91. The Labute approximate surface area is 213 Å². The summed E-state index contributed by atoms with van der Waals surface area (Å²) in [6, 6.07) is 24.1. The summed E-state index contributed by atoms with van der Waals surface area (Å²) in [7, 11) is 0. The first-order chi connectivity index (χ1) is 16.8. The Morgan fingerprint density at radius 1 is 0.743 bits per heavy atom. The maximum atomic E-state index is 5.50. The minimum Gasteiger partial charge on any atom is -0.384 e. The summed E-state index contributed by atoms with van der Waals surface area (Å²) in [5.41, 5.74) is 18.0. The molecule has 5 nitrogen and oxygen atoms in total. The van der Waals surface area contributed by atoms with Gasteiger partial charge in [0, 0.05) is 30.7 Å². The van der Waals surface area contributed by atoms with Crippen LogP contribution in [0, 0.1) is 27.7 Å². The van der Waals surface area contributed by atoms with Crippen LogP contribution >= 0.6 is 11.6 Å². The van der Waals surface area contributed by atoms with E-state index in [1.807, 2.05) is 44.3 Å². The molecule has 3 heterocycles. The fourth-order valence-electron chi connectivity index (χ4n) is 2.93. The first-order valence-corrected chi connectivity index (χ1v) is 11.7. The SMILES string of the molecule is Cc1ccc(Cl)nc1.Cc1ccc(N)nc1.Cc1ccc2cc[nH]c2c1.Cc1cccc(CN)c1. The van der Waals surface area contributed by atoms with Gasteiger partial charge in [-0.2, -0.15) is 0 Å². The molecule has 0 amide bonds. The molecule has 0 spiro atoms. The van der Waals surface area contributed by atoms with Crippen molar-refractivity contribution in [2.24, 2.45) is 5.73 Å². The van der Waals surface area contributed by atoms with Crippen LogP contribution in [0.25, 0.3) is 10.9 Å². The van der Waals surface area contributed by atoms with Gasteiger partial charge in [0.1, 0.15) is 11.0 Å². The van der Waals surface area contributed by atoms with E-state index < -0.39 is 0 Å². The Bertz CT molecular complexity index is 1190. The highest BCUT2D eigenvalue weighted by atomic mass is 35.5. The third-order valence-corrected chi connectivity index (χ3v) is 5.06. The topological polar surface area (TPSA) is 93.6 Å². The Kier molecular flexibility index (Phi) is 11.5. The van der Waals surface area contributed by atoms with E-state index in [-0.39, 0.29) is 0 Å². The number of nitrogens with zero attached hydrogens (tertiary/aromatic N) is 2. The molecule has 0 aliphatic rings. The molecule has 0 fully saturated rings. The van der Waals surface area contributed by atoms with E-state index in [9.17, 15) is 0 Å². The quantitative estimate of drug-likeness (QED) is 0.223. The van der Waals surface area contributed by atoms with Gasteiger partial charge in [-0.15, -0.1) is 0 Å². The number of nitrogen functional groups attached to an aromatic ring is 1. The summed E-state index contributed by atoms with van der Waals surface area (Å²) in [6.07, 6.45) is 5.45. The van der Waals surface area contributed by atoms with Crippen molar-refractivity contribution >= 4 is 28.3 Å². The average Bonchev–Trinajstić information content (AvgIpc) is 3.32. The number of anilines is 1. The van der Waals surface area contributed by atoms with Crippen LogP contribution in [-0.2, 0) is 6.54 Å². The van der Waals surface area contributed by atoms with Gasteiger partial charge in [0.25, 0.3) is 0 Å². The third-order valence-electron chi connectivity index (χ3n) is 4.84. The van der Waals surface area contributed by atoms with Crippen LogP contribution in [0.5, 0.6) is 0 Å². The molecule has 0 unspecified atom stereocenters. The second kappa shape index (κ2) is 14.6. The summed E-state index contributed by atoms with van der Waals surface area (Å²) in [6.45, 7) is 8.76. The van der Waals surface area contributed by atoms with Gasteiger partial charge in [-0.05, 0) is 79.6 Å². The van der Waals surface area contributed by atoms with Crippen LogP contribution in [0.3, 0.4) is 0 Å². The Morgan fingerprint density at radius 3 is 1.91 bits per heavy atom. The van der Waals surface area contributed by atoms with Crippen molar-refractivity contribution in [1.29, 1.82) is 0 Å². The summed E-state index contributed by atoms with van der Waals surface area (Å²) < 4.78 is 0. The van der Waals surface area contributed by atoms with Gasteiger partial charge in [-0.1, -0.05) is 65.7 Å². The lowest BCUT2D eigenvalue weighted by Crippen LogP contribution is -1.95. The lowest BCUT2D eigenvalue weighted by atomic mass is 10.1. The molecule has 0 aliphatic carbocycles. The number of hydrogen-bond donors (Lipinski definition) is 3. The third kappa shape index (κ3) is 10.9. The molecule has 0 atom stereocenters. The molecular formula is C29H34ClN5. The van der Waals surface area contributed by atoms with Crippen LogP contribution < -0.4 is 11.5 Å². The number of hydrogen-bond acceptors (Lipinski definition) is 4. The molecule has 5 N–H and O–H groups in total. The van der Waals surface area contributed by atoms with Crippen LogP contribution in [0.15, 0.2) is 91.4 Å². The van der Waals surface area contributed by atoms with Crippen molar-refractivity contribution in [3.8, 4) is 0 Å². The molecular weight excluding hydrogens is 454 g/mol. The number of nitrogens with one attached hydrogen (secondary N) is 1. The van der Waals surface area contributed by atoms with Gasteiger partial charge >= 0.3 is 0 Å². The molecule has 0 saturated carbocycles. The first-order valence-electron chi connectivity index (χ1n) is 11.3. The average molecular weight is 488 g/mol. The van der Waals surface area contributed by atoms with Crippen molar-refractivity contribution in [1.82, 2.24) is 15.0 Å². The number of H-pyrrole nitrogens is 1. The number of aryl methyl sites for hydroxylation is 4. The van der Waals surface area contributed by atoms with E-state index in [2.05, 4.69) is 65.2 Å². The van der Waals surface area contributed by atoms with Gasteiger partial charge in [-0.3, -0.25) is 0 Å². The number of halogens is 1. The highest BCUT2D eigenvalue weighted by molar-refractivity contribution is 6.29. The molecule has 6 heteroatoms. The number of nitrogens with two attached hydrogens (primary N) is 2. The fraction of sp³-hybridized carbons (Fsp3) is 0.172. The lowest BCUT2D eigenvalue weighted by molar-refractivity contribution is 1.07. The maximum absolute atomic E-state index is 5.50. The number of pyridine rings is 2. The Balaban J connectivity index is 0.000000165. The molecule has 0 radical (unpaired) electrons. The summed E-state index contributed by atoms with van der Waals surface area (Å²) in [5, 5.41) is 1.83. The van der Waals surface area contributed by atoms with Gasteiger partial charge < -0.3 is 16.5 Å². The predicted molar refractivity (Wildman–Crippen MR) is 149 cm³/mol. The van der Waals surface area contributed by atoms with Crippen molar-refractivity contribution in [2.75, 3.05) is 5.73 Å². The van der Waals surface area contributed by atoms with Crippen LogP contribution in [0.1, 0.15) is 27.8 Å². The van der Waals surface area contributed by atoms with Crippen molar-refractivity contribution in [3.63, 3.8) is 0 Å². The van der Waals surface area contributed by atoms with Gasteiger partial charge in [0.2, 0.25) is 0 Å². The Morgan fingerprint density at radius 2 is 1.40 bits per heavy atom. The number of aromatic nitrogens is 3. The zero-order chi connectivity index (χ0) is 25.6. The molecule has 0 saturated heterocycles. The van der Waals surface area contributed by atoms with Crippen molar-refractivity contribution < 1.29 is 0 Å². The summed E-state index contributed by atoms with van der Waals surface area (Å²) in [5.74, 6) is 0.579. The van der Waals surface area contributed by atoms with E-state index in [4.69, 9.17) is 23.1 Å². The molecule has 35 heavy (non-hydrogen) atoms. The minimum absolute atomic E-state index is 0.551. The monoisotopic (exact) mass is 487 g/mol. The number of benzene rings is 2. The second-order valence-corrected chi connectivity index (χ2v) is 8.57. The molecule has 0 bridgehead atoms. The molecule has 5 aromatic rings. The van der Waals surface area contributed by atoms with Crippen LogP contribution in [0.4, 0.5) is 5.82 Å². The molecule has 3 aromatic heterocycles. The van der Waals surface area contributed by atoms with Gasteiger partial charge in [0.15, 0.2) is 0 Å². The summed E-state index contributed by atoms with van der Waals surface area (Å²) >= 11 is 5.50. The van der Waals surface area contributed by atoms with Crippen molar-refractivity contribution in [2.45, 2.75) is 34.2 Å². The standard InChI is InChI=1S/C9H9N.C8H11N.C6H6ClN.C6H8N2/c1-7-2-3-8-4-5-10-9(8)6-7;1-7-3-2-4-8(5-7)6-9;2*1-5-2-3-6(7)8-4-5/h2-6,10H,1H3;2-5H,6,9H2,1H3;2-4H,1H3;2-4H,1H3,(H2,7,8). The van der Waals surface area contributed by atoms with Gasteiger partial charge in [0.05, 0.1) is 0 Å². The number of fused-ring (bicyclic) bond motifs is 1. The van der Waals surface area contributed by atoms with E-state index in [1.54, 1.807) is 24.5 Å². The van der Waals surface area contributed by atoms with E-state index in [0.29, 0.717) is 17.5 Å². The van der Waals surface area contributed by atoms with Gasteiger partial charge in [-0.25, -0.2) is 9.97 Å². The zero-order valence-corrected chi connectivity index (χ0v) is 21.6.